The van der Waals surface area contributed by atoms with Crippen molar-refractivity contribution in [2.75, 3.05) is 11.9 Å². The SMILES string of the molecule is CC(C)c1c(O)ccc(Cc2c(Cl)cc(NCC(=O)Cl)c(F)c2Cl)c1F. The van der Waals surface area contributed by atoms with Crippen molar-refractivity contribution in [1.29, 1.82) is 0 Å². The Morgan fingerprint density at radius 2 is 1.88 bits per heavy atom. The predicted octanol–water partition coefficient (Wildman–Crippen LogP) is 5.87. The van der Waals surface area contributed by atoms with E-state index in [-0.39, 0.29) is 57.1 Å². The van der Waals surface area contributed by atoms with Crippen LogP contribution in [0, 0.1) is 11.6 Å². The van der Waals surface area contributed by atoms with Gasteiger partial charge in [-0.1, -0.05) is 43.1 Å². The number of hydrogen-bond acceptors (Lipinski definition) is 3. The number of carbonyl (C=O) groups is 1. The molecule has 8 heteroatoms. The summed E-state index contributed by atoms with van der Waals surface area (Å²) in [6.45, 7) is 3.20. The molecule has 0 aliphatic rings. The van der Waals surface area contributed by atoms with Gasteiger partial charge in [0.05, 0.1) is 17.3 Å². The van der Waals surface area contributed by atoms with Crippen LogP contribution in [0.15, 0.2) is 18.2 Å². The molecule has 26 heavy (non-hydrogen) atoms. The summed E-state index contributed by atoms with van der Waals surface area (Å²) in [5, 5.41) is 11.5. The van der Waals surface area contributed by atoms with Crippen LogP contribution >= 0.6 is 34.8 Å². The summed E-state index contributed by atoms with van der Waals surface area (Å²) >= 11 is 17.5. The van der Waals surface area contributed by atoms with Gasteiger partial charge >= 0.3 is 0 Å². The topological polar surface area (TPSA) is 49.3 Å². The van der Waals surface area contributed by atoms with E-state index in [1.54, 1.807) is 13.8 Å². The highest BCUT2D eigenvalue weighted by Gasteiger charge is 2.21. The van der Waals surface area contributed by atoms with E-state index < -0.39 is 16.9 Å². The third kappa shape index (κ3) is 4.40. The van der Waals surface area contributed by atoms with Crippen LogP contribution < -0.4 is 5.32 Å². The van der Waals surface area contributed by atoms with Crippen molar-refractivity contribution in [3.8, 4) is 5.75 Å². The van der Waals surface area contributed by atoms with Gasteiger partial charge in [-0.3, -0.25) is 4.79 Å². The van der Waals surface area contributed by atoms with Gasteiger partial charge in [-0.25, -0.2) is 8.78 Å². The fourth-order valence-corrected chi connectivity index (χ4v) is 3.25. The molecular weight excluding hydrogens is 407 g/mol. The molecule has 0 bridgehead atoms. The molecule has 0 atom stereocenters. The molecule has 2 aromatic rings. The molecule has 2 aromatic carbocycles. The maximum atomic E-state index is 14.7. The standard InChI is InChI=1S/C18H16Cl3F2NO2/c1-8(2)15-13(25)4-3-9(17(15)22)5-10-11(19)6-12(18(23)16(10)21)24-7-14(20)26/h3-4,6,8,24-25H,5,7H2,1-2H3. The molecule has 0 saturated carbocycles. The van der Waals surface area contributed by atoms with E-state index >= 15 is 0 Å². The monoisotopic (exact) mass is 421 g/mol. The molecule has 2 N–H and O–H groups in total. The molecule has 0 aromatic heterocycles. The van der Waals surface area contributed by atoms with Gasteiger partial charge in [-0.15, -0.1) is 0 Å². The predicted molar refractivity (Wildman–Crippen MR) is 101 cm³/mol. The molecule has 0 heterocycles. The number of hydrogen-bond donors (Lipinski definition) is 2. The Bertz CT molecular complexity index is 857. The van der Waals surface area contributed by atoms with Crippen molar-refractivity contribution in [3.63, 3.8) is 0 Å². The van der Waals surface area contributed by atoms with Gasteiger partial charge in [0, 0.05) is 17.0 Å². The molecule has 0 saturated heterocycles. The molecule has 0 fully saturated rings. The van der Waals surface area contributed by atoms with Crippen LogP contribution in [0.25, 0.3) is 0 Å². The molecule has 2 rings (SSSR count). The molecule has 0 spiro atoms. The van der Waals surface area contributed by atoms with E-state index in [0.717, 1.165) is 0 Å². The Balaban J connectivity index is 2.44. The number of aromatic hydroxyl groups is 1. The molecule has 0 unspecified atom stereocenters. The van der Waals surface area contributed by atoms with Crippen LogP contribution in [0.1, 0.15) is 36.5 Å². The van der Waals surface area contributed by atoms with Crippen LogP contribution in [-0.4, -0.2) is 16.9 Å². The van der Waals surface area contributed by atoms with E-state index in [9.17, 15) is 18.7 Å². The van der Waals surface area contributed by atoms with Gasteiger partial charge in [0.15, 0.2) is 5.82 Å². The Hall–Kier alpha value is -1.56. The third-order valence-corrected chi connectivity index (χ3v) is 4.72. The third-order valence-electron chi connectivity index (χ3n) is 3.85. The lowest BCUT2D eigenvalue weighted by molar-refractivity contribution is -0.110. The zero-order valence-electron chi connectivity index (χ0n) is 14.0. The molecule has 140 valence electrons. The Morgan fingerprint density at radius 3 is 2.46 bits per heavy atom. The highest BCUT2D eigenvalue weighted by atomic mass is 35.5. The fraction of sp³-hybridized carbons (Fsp3) is 0.278. The van der Waals surface area contributed by atoms with Gasteiger partial charge in [0.2, 0.25) is 5.24 Å². The second kappa shape index (κ2) is 8.42. The summed E-state index contributed by atoms with van der Waals surface area (Å²) < 4.78 is 29.1. The van der Waals surface area contributed by atoms with E-state index in [0.29, 0.717) is 0 Å². The quantitative estimate of drug-likeness (QED) is 0.452. The Morgan fingerprint density at radius 1 is 1.23 bits per heavy atom. The zero-order valence-corrected chi connectivity index (χ0v) is 16.2. The maximum Gasteiger partial charge on any atom is 0.240 e. The zero-order chi connectivity index (χ0) is 19.6. The van der Waals surface area contributed by atoms with Gasteiger partial charge in [0.1, 0.15) is 11.6 Å². The normalized spacial score (nSPS) is 11.1. The summed E-state index contributed by atoms with van der Waals surface area (Å²) in [6, 6.07) is 4.05. The number of phenols is 1. The Labute approximate surface area is 164 Å². The van der Waals surface area contributed by atoms with Crippen LogP contribution in [-0.2, 0) is 11.2 Å². The van der Waals surface area contributed by atoms with E-state index in [1.165, 1.54) is 18.2 Å². The van der Waals surface area contributed by atoms with Crippen molar-refractivity contribution in [3.05, 3.63) is 56.6 Å². The number of carbonyl (C=O) groups excluding carboxylic acids is 1. The minimum atomic E-state index is -0.813. The van der Waals surface area contributed by atoms with Crippen molar-refractivity contribution in [1.82, 2.24) is 0 Å². The molecule has 3 nitrogen and oxygen atoms in total. The highest BCUT2D eigenvalue weighted by molar-refractivity contribution is 6.64. The highest BCUT2D eigenvalue weighted by Crippen LogP contribution is 2.37. The average Bonchev–Trinajstić information content (AvgIpc) is 2.55. The second-order valence-corrected chi connectivity index (χ2v) is 7.23. The number of benzene rings is 2. The van der Waals surface area contributed by atoms with Crippen molar-refractivity contribution < 1.29 is 18.7 Å². The van der Waals surface area contributed by atoms with Crippen molar-refractivity contribution in [2.45, 2.75) is 26.2 Å². The number of anilines is 1. The van der Waals surface area contributed by atoms with Crippen LogP contribution in [0.5, 0.6) is 5.75 Å². The number of nitrogens with one attached hydrogen (secondary N) is 1. The van der Waals surface area contributed by atoms with Gasteiger partial charge in [0.25, 0.3) is 0 Å². The minimum absolute atomic E-state index is 0.0604. The lowest BCUT2D eigenvalue weighted by Gasteiger charge is -2.16. The average molecular weight is 423 g/mol. The van der Waals surface area contributed by atoms with E-state index in [1.807, 2.05) is 0 Å². The molecule has 0 amide bonds. The molecule has 0 aliphatic heterocycles. The lowest BCUT2D eigenvalue weighted by Crippen LogP contribution is -2.10. The summed E-state index contributed by atoms with van der Waals surface area (Å²) in [4.78, 5) is 10.8. The van der Waals surface area contributed by atoms with E-state index in [2.05, 4.69) is 5.32 Å². The Kier molecular flexibility index (Phi) is 6.72. The summed E-state index contributed by atoms with van der Waals surface area (Å²) in [7, 11) is 0. The summed E-state index contributed by atoms with van der Waals surface area (Å²) in [5.41, 5.74) is 0.528. The van der Waals surface area contributed by atoms with Crippen LogP contribution in [0.2, 0.25) is 10.0 Å². The number of phenolic OH excluding ortho intramolecular Hbond substituents is 1. The van der Waals surface area contributed by atoms with Crippen LogP contribution in [0.3, 0.4) is 0 Å². The maximum absolute atomic E-state index is 14.7. The summed E-state index contributed by atoms with van der Waals surface area (Å²) in [6.07, 6.45) is -0.0604. The van der Waals surface area contributed by atoms with Crippen LogP contribution in [0.4, 0.5) is 14.5 Å². The number of halogens is 5. The molecular formula is C18H16Cl3F2NO2. The first kappa shape index (κ1) is 20.7. The summed E-state index contributed by atoms with van der Waals surface area (Å²) in [5.74, 6) is -1.78. The number of rotatable bonds is 6. The van der Waals surface area contributed by atoms with Crippen molar-refractivity contribution in [2.24, 2.45) is 0 Å². The smallest absolute Gasteiger partial charge is 0.240 e. The van der Waals surface area contributed by atoms with E-state index in [4.69, 9.17) is 34.8 Å². The molecule has 0 radical (unpaired) electrons. The lowest BCUT2D eigenvalue weighted by atomic mass is 9.95. The first-order valence-electron chi connectivity index (χ1n) is 7.72. The first-order valence-corrected chi connectivity index (χ1v) is 8.85. The minimum Gasteiger partial charge on any atom is -0.508 e. The molecule has 0 aliphatic carbocycles. The van der Waals surface area contributed by atoms with Gasteiger partial charge in [-0.2, -0.15) is 0 Å². The fourth-order valence-electron chi connectivity index (χ4n) is 2.59. The second-order valence-electron chi connectivity index (χ2n) is 6.02. The first-order chi connectivity index (χ1) is 12.1. The van der Waals surface area contributed by atoms with Gasteiger partial charge in [-0.05, 0) is 40.8 Å². The largest absolute Gasteiger partial charge is 0.508 e. The van der Waals surface area contributed by atoms with Gasteiger partial charge < -0.3 is 10.4 Å². The van der Waals surface area contributed by atoms with Crippen molar-refractivity contribution >= 4 is 45.7 Å².